The summed E-state index contributed by atoms with van der Waals surface area (Å²) < 4.78 is 28.7. The summed E-state index contributed by atoms with van der Waals surface area (Å²) in [7, 11) is 0. The first-order chi connectivity index (χ1) is 12.6. The molecule has 8 heteroatoms. The van der Waals surface area contributed by atoms with Gasteiger partial charge in [-0.25, -0.2) is 9.18 Å². The van der Waals surface area contributed by atoms with E-state index in [4.69, 9.17) is 14.2 Å². The summed E-state index contributed by atoms with van der Waals surface area (Å²) >= 11 is 0. The van der Waals surface area contributed by atoms with Crippen LogP contribution < -0.4 is 19.7 Å². The highest BCUT2D eigenvalue weighted by Crippen LogP contribution is 2.32. The average molecular weight is 358 g/mol. The minimum absolute atomic E-state index is 0.137. The van der Waals surface area contributed by atoms with Crippen LogP contribution in [0.2, 0.25) is 0 Å². The van der Waals surface area contributed by atoms with Crippen molar-refractivity contribution in [1.82, 2.24) is 5.32 Å². The third-order valence-electron chi connectivity index (χ3n) is 4.14. The zero-order valence-corrected chi connectivity index (χ0v) is 13.6. The van der Waals surface area contributed by atoms with Crippen molar-refractivity contribution in [3.8, 4) is 11.5 Å². The SMILES string of the molecule is O=C(NCC1CN(c2ccc(F)cc2)C(=O)O1)c1ccc2c(c1)OCO2. The Morgan fingerprint density at radius 1 is 1.15 bits per heavy atom. The number of benzene rings is 2. The van der Waals surface area contributed by atoms with Gasteiger partial charge in [0.05, 0.1) is 13.1 Å². The second-order valence-electron chi connectivity index (χ2n) is 5.87. The Hall–Kier alpha value is -3.29. The van der Waals surface area contributed by atoms with Crippen LogP contribution in [0, 0.1) is 5.82 Å². The molecule has 2 amide bonds. The molecule has 1 saturated heterocycles. The molecule has 134 valence electrons. The largest absolute Gasteiger partial charge is 0.454 e. The first-order valence-electron chi connectivity index (χ1n) is 8.02. The van der Waals surface area contributed by atoms with Crippen molar-refractivity contribution >= 4 is 17.7 Å². The van der Waals surface area contributed by atoms with E-state index in [1.54, 1.807) is 18.2 Å². The van der Waals surface area contributed by atoms with Crippen LogP contribution in [0.25, 0.3) is 0 Å². The summed E-state index contributed by atoms with van der Waals surface area (Å²) in [6.45, 7) is 0.570. The van der Waals surface area contributed by atoms with E-state index in [2.05, 4.69) is 5.32 Å². The smallest absolute Gasteiger partial charge is 0.414 e. The molecule has 2 aliphatic heterocycles. The van der Waals surface area contributed by atoms with Gasteiger partial charge in [0.1, 0.15) is 11.9 Å². The van der Waals surface area contributed by atoms with Gasteiger partial charge in [-0.15, -0.1) is 0 Å². The topological polar surface area (TPSA) is 77.1 Å². The molecule has 4 rings (SSSR count). The number of nitrogens with zero attached hydrogens (tertiary/aromatic N) is 1. The molecule has 2 heterocycles. The lowest BCUT2D eigenvalue weighted by Crippen LogP contribution is -2.34. The van der Waals surface area contributed by atoms with Gasteiger partial charge in [0.15, 0.2) is 11.5 Å². The lowest BCUT2D eigenvalue weighted by atomic mass is 10.2. The van der Waals surface area contributed by atoms with Crippen LogP contribution in [0.1, 0.15) is 10.4 Å². The van der Waals surface area contributed by atoms with E-state index in [-0.39, 0.29) is 31.6 Å². The second-order valence-corrected chi connectivity index (χ2v) is 5.87. The lowest BCUT2D eigenvalue weighted by molar-refractivity contribution is 0.0915. The number of ether oxygens (including phenoxy) is 3. The summed E-state index contributed by atoms with van der Waals surface area (Å²) in [5.74, 6) is 0.432. The number of amides is 2. The standard InChI is InChI=1S/C18H15FN2O5/c19-12-2-4-13(5-3-12)21-9-14(26-18(21)23)8-20-17(22)11-1-6-15-16(7-11)25-10-24-15/h1-7,14H,8-10H2,(H,20,22). The second kappa shape index (κ2) is 6.55. The van der Waals surface area contributed by atoms with E-state index in [0.717, 1.165) is 0 Å². The van der Waals surface area contributed by atoms with Gasteiger partial charge in [-0.2, -0.15) is 0 Å². The van der Waals surface area contributed by atoms with Gasteiger partial charge in [0, 0.05) is 11.3 Å². The third-order valence-corrected chi connectivity index (χ3v) is 4.14. The van der Waals surface area contributed by atoms with E-state index in [1.807, 2.05) is 0 Å². The average Bonchev–Trinajstić information content (AvgIpc) is 3.26. The van der Waals surface area contributed by atoms with Crippen molar-refractivity contribution in [2.45, 2.75) is 6.10 Å². The minimum atomic E-state index is -0.529. The number of halogens is 1. The zero-order chi connectivity index (χ0) is 18.1. The number of nitrogens with one attached hydrogen (secondary N) is 1. The van der Waals surface area contributed by atoms with Crippen LogP contribution in [0.15, 0.2) is 42.5 Å². The van der Waals surface area contributed by atoms with Crippen molar-refractivity contribution in [3.05, 3.63) is 53.8 Å². The molecule has 0 spiro atoms. The fourth-order valence-corrected chi connectivity index (χ4v) is 2.81. The van der Waals surface area contributed by atoms with Gasteiger partial charge < -0.3 is 19.5 Å². The molecular weight excluding hydrogens is 343 g/mol. The monoisotopic (exact) mass is 358 g/mol. The van der Waals surface area contributed by atoms with Crippen LogP contribution in [0.5, 0.6) is 11.5 Å². The summed E-state index contributed by atoms with van der Waals surface area (Å²) in [5, 5.41) is 2.73. The molecule has 0 bridgehead atoms. The quantitative estimate of drug-likeness (QED) is 0.908. The Balaban J connectivity index is 1.35. The summed E-state index contributed by atoms with van der Waals surface area (Å²) in [4.78, 5) is 25.6. The first-order valence-corrected chi connectivity index (χ1v) is 8.02. The van der Waals surface area contributed by atoms with Crippen LogP contribution in [0.3, 0.4) is 0 Å². The van der Waals surface area contributed by atoms with E-state index < -0.39 is 12.2 Å². The van der Waals surface area contributed by atoms with Crippen LogP contribution in [-0.4, -0.2) is 38.0 Å². The van der Waals surface area contributed by atoms with E-state index >= 15 is 0 Å². The number of hydrogen-bond acceptors (Lipinski definition) is 5. The molecule has 2 aliphatic rings. The molecule has 1 atom stereocenters. The zero-order valence-electron chi connectivity index (χ0n) is 13.6. The Labute approximate surface area is 148 Å². The summed E-state index contributed by atoms with van der Waals surface area (Å²) in [5.41, 5.74) is 0.968. The Morgan fingerprint density at radius 3 is 2.73 bits per heavy atom. The molecule has 1 fully saturated rings. The van der Waals surface area contributed by atoms with Crippen LogP contribution in [0.4, 0.5) is 14.9 Å². The highest BCUT2D eigenvalue weighted by atomic mass is 19.1. The number of rotatable bonds is 4. The molecule has 2 aromatic rings. The Morgan fingerprint density at radius 2 is 1.92 bits per heavy atom. The van der Waals surface area contributed by atoms with Crippen LogP contribution in [-0.2, 0) is 4.74 Å². The fourth-order valence-electron chi connectivity index (χ4n) is 2.81. The summed E-state index contributed by atoms with van der Waals surface area (Å²) in [6.07, 6.45) is -1.02. The highest BCUT2D eigenvalue weighted by molar-refractivity contribution is 5.95. The number of carbonyl (C=O) groups is 2. The van der Waals surface area contributed by atoms with Crippen molar-refractivity contribution in [1.29, 1.82) is 0 Å². The predicted molar refractivity (Wildman–Crippen MR) is 88.9 cm³/mol. The molecule has 1 unspecified atom stereocenters. The van der Waals surface area contributed by atoms with Gasteiger partial charge in [-0.3, -0.25) is 9.69 Å². The van der Waals surface area contributed by atoms with Gasteiger partial charge in [0.25, 0.3) is 5.91 Å². The molecule has 0 aromatic heterocycles. The van der Waals surface area contributed by atoms with E-state index in [0.29, 0.717) is 22.7 Å². The maximum Gasteiger partial charge on any atom is 0.414 e. The molecule has 7 nitrogen and oxygen atoms in total. The van der Waals surface area contributed by atoms with Crippen molar-refractivity contribution in [3.63, 3.8) is 0 Å². The normalized spacial score (nSPS) is 18.0. The van der Waals surface area contributed by atoms with Gasteiger partial charge in [-0.1, -0.05) is 0 Å². The molecule has 26 heavy (non-hydrogen) atoms. The van der Waals surface area contributed by atoms with Gasteiger partial charge in [0.2, 0.25) is 6.79 Å². The fraction of sp³-hybridized carbons (Fsp3) is 0.222. The van der Waals surface area contributed by atoms with E-state index in [9.17, 15) is 14.0 Å². The third kappa shape index (κ3) is 3.13. The molecule has 0 saturated carbocycles. The predicted octanol–water partition coefficient (Wildman–Crippen LogP) is 2.31. The van der Waals surface area contributed by atoms with E-state index in [1.165, 1.54) is 29.2 Å². The number of carbonyl (C=O) groups excluding carboxylic acids is 2. The number of cyclic esters (lactones) is 1. The maximum atomic E-state index is 13.0. The van der Waals surface area contributed by atoms with Crippen molar-refractivity contribution in [2.24, 2.45) is 0 Å². The highest BCUT2D eigenvalue weighted by Gasteiger charge is 2.32. The molecule has 0 radical (unpaired) electrons. The number of fused-ring (bicyclic) bond motifs is 1. The number of hydrogen-bond donors (Lipinski definition) is 1. The van der Waals surface area contributed by atoms with Crippen molar-refractivity contribution < 1.29 is 28.2 Å². The van der Waals surface area contributed by atoms with Gasteiger partial charge in [-0.05, 0) is 42.5 Å². The molecule has 0 aliphatic carbocycles. The molecular formula is C18H15FN2O5. The van der Waals surface area contributed by atoms with Gasteiger partial charge >= 0.3 is 6.09 Å². The lowest BCUT2D eigenvalue weighted by Gasteiger charge is -2.13. The Kier molecular flexibility index (Phi) is 4.08. The van der Waals surface area contributed by atoms with Crippen LogP contribution >= 0.6 is 0 Å². The number of anilines is 1. The summed E-state index contributed by atoms with van der Waals surface area (Å²) in [6, 6.07) is 10.5. The van der Waals surface area contributed by atoms with Crippen molar-refractivity contribution in [2.75, 3.05) is 24.8 Å². The Bertz CT molecular complexity index is 855. The first kappa shape index (κ1) is 16.2. The maximum absolute atomic E-state index is 13.0. The minimum Gasteiger partial charge on any atom is -0.454 e. The molecule has 2 aromatic carbocycles. The molecule has 1 N–H and O–H groups in total.